The Hall–Kier alpha value is -2.85. The molecule has 2 N–H and O–H groups in total. The van der Waals surface area contributed by atoms with Crippen LogP contribution < -0.4 is 15.5 Å². The molecule has 10 heteroatoms. The molecule has 2 aromatic heterocycles. The Morgan fingerprint density at radius 3 is 2.41 bits per heavy atom. The number of nitrogens with zero attached hydrogens (tertiary/aromatic N) is 5. The average molecular weight is 538 g/mol. The summed E-state index contributed by atoms with van der Waals surface area (Å²) in [6, 6.07) is 10.7. The molecule has 0 amide bonds. The molecule has 3 heterocycles. The Balaban J connectivity index is 1.32. The van der Waals surface area contributed by atoms with E-state index in [0.717, 1.165) is 68.0 Å². The van der Waals surface area contributed by atoms with Crippen molar-refractivity contribution in [3.8, 4) is 0 Å². The van der Waals surface area contributed by atoms with Crippen LogP contribution in [0.2, 0.25) is 0 Å². The van der Waals surface area contributed by atoms with Crippen LogP contribution in [0.4, 0.5) is 16.2 Å². The van der Waals surface area contributed by atoms with Crippen molar-refractivity contribution in [2.75, 3.05) is 29.9 Å². The second-order valence-corrected chi connectivity index (χ2v) is 11.1. The summed E-state index contributed by atoms with van der Waals surface area (Å²) in [4.78, 5) is 20.5. The van der Waals surface area contributed by atoms with Crippen molar-refractivity contribution in [2.24, 2.45) is 0 Å². The zero-order chi connectivity index (χ0) is 25.5. The molecule has 0 atom stereocenters. The maximum atomic E-state index is 13.6. The SMILES string of the molecule is Fc1ccc(C2(CNC(=S)Nc3nc(Sc4ncccn4)cc(N4CCCCC4)n3)CCCCC2)cc1. The van der Waals surface area contributed by atoms with Gasteiger partial charge >= 0.3 is 0 Å². The monoisotopic (exact) mass is 537 g/mol. The number of hydrogen-bond acceptors (Lipinski definition) is 7. The molecule has 5 rings (SSSR count). The minimum atomic E-state index is -0.208. The third-order valence-corrected chi connectivity index (χ3v) is 8.25. The number of anilines is 2. The van der Waals surface area contributed by atoms with Crippen LogP contribution in [0.5, 0.6) is 0 Å². The minimum Gasteiger partial charge on any atom is -0.361 e. The molecule has 194 valence electrons. The van der Waals surface area contributed by atoms with Crippen LogP contribution in [-0.2, 0) is 5.41 Å². The largest absolute Gasteiger partial charge is 0.361 e. The van der Waals surface area contributed by atoms with E-state index < -0.39 is 0 Å². The van der Waals surface area contributed by atoms with Crippen molar-refractivity contribution < 1.29 is 4.39 Å². The number of halogens is 1. The lowest BCUT2D eigenvalue weighted by Crippen LogP contribution is -2.43. The van der Waals surface area contributed by atoms with E-state index in [1.807, 2.05) is 18.2 Å². The van der Waals surface area contributed by atoms with Gasteiger partial charge in [0, 0.05) is 43.5 Å². The summed E-state index contributed by atoms with van der Waals surface area (Å²) in [7, 11) is 0. The van der Waals surface area contributed by atoms with Gasteiger partial charge in [0.05, 0.1) is 0 Å². The summed E-state index contributed by atoms with van der Waals surface area (Å²) >= 11 is 7.10. The van der Waals surface area contributed by atoms with Crippen molar-refractivity contribution in [1.82, 2.24) is 25.3 Å². The Bertz CT molecular complexity index is 1180. The second kappa shape index (κ2) is 12.1. The molecule has 0 radical (unpaired) electrons. The molecule has 7 nitrogen and oxygen atoms in total. The van der Waals surface area contributed by atoms with Crippen LogP contribution in [0.1, 0.15) is 56.9 Å². The standard InChI is InChI=1S/C27H32FN7S2/c28-21-10-8-20(9-11-21)27(12-3-1-4-13-27)19-31-25(36)34-24-32-22(35-16-5-2-6-17-35)18-23(33-24)37-26-29-14-7-15-30-26/h7-11,14-15,18H,1-6,12-13,16-17,19H2,(H2,31,32,33,34,36). The van der Waals surface area contributed by atoms with E-state index in [0.29, 0.717) is 22.8 Å². The van der Waals surface area contributed by atoms with Crippen LogP contribution in [0.25, 0.3) is 0 Å². The molecule has 3 aromatic rings. The third-order valence-electron chi connectivity index (χ3n) is 7.19. The van der Waals surface area contributed by atoms with E-state index in [1.54, 1.807) is 30.6 Å². The topological polar surface area (TPSA) is 78.9 Å². The fourth-order valence-corrected chi connectivity index (χ4v) is 6.11. The van der Waals surface area contributed by atoms with Gasteiger partial charge in [0.2, 0.25) is 5.95 Å². The van der Waals surface area contributed by atoms with Crippen molar-refractivity contribution >= 4 is 40.9 Å². The van der Waals surface area contributed by atoms with E-state index in [2.05, 4.69) is 25.5 Å². The minimum absolute atomic E-state index is 0.0696. The number of rotatable bonds is 7. The van der Waals surface area contributed by atoms with Gasteiger partial charge < -0.3 is 15.5 Å². The van der Waals surface area contributed by atoms with Crippen LogP contribution in [0.3, 0.4) is 0 Å². The summed E-state index contributed by atoms with van der Waals surface area (Å²) in [5.74, 6) is 1.13. The lowest BCUT2D eigenvalue weighted by molar-refractivity contribution is 0.292. The predicted molar refractivity (Wildman–Crippen MR) is 150 cm³/mol. The molecule has 1 saturated carbocycles. The van der Waals surface area contributed by atoms with Crippen molar-refractivity contribution in [1.29, 1.82) is 0 Å². The predicted octanol–water partition coefficient (Wildman–Crippen LogP) is 5.74. The maximum absolute atomic E-state index is 13.6. The van der Waals surface area contributed by atoms with E-state index in [9.17, 15) is 4.39 Å². The Kier molecular flexibility index (Phi) is 8.45. The molecule has 37 heavy (non-hydrogen) atoms. The molecule has 2 fully saturated rings. The fourth-order valence-electron chi connectivity index (χ4n) is 5.23. The maximum Gasteiger partial charge on any atom is 0.232 e. The zero-order valence-electron chi connectivity index (χ0n) is 20.8. The number of hydrogen-bond donors (Lipinski definition) is 2. The zero-order valence-corrected chi connectivity index (χ0v) is 22.5. The highest BCUT2D eigenvalue weighted by Crippen LogP contribution is 2.39. The number of aromatic nitrogens is 4. The summed E-state index contributed by atoms with van der Waals surface area (Å²) < 4.78 is 13.6. The Morgan fingerprint density at radius 1 is 0.973 bits per heavy atom. The lowest BCUT2D eigenvalue weighted by Gasteiger charge is -2.38. The number of piperidine rings is 1. The second-order valence-electron chi connectivity index (χ2n) is 9.72. The number of thiocarbonyl (C=S) groups is 1. The van der Waals surface area contributed by atoms with Crippen LogP contribution >= 0.6 is 24.0 Å². The third kappa shape index (κ3) is 6.73. The van der Waals surface area contributed by atoms with E-state index in [1.165, 1.54) is 24.6 Å². The molecule has 0 unspecified atom stereocenters. The summed E-state index contributed by atoms with van der Waals surface area (Å²) in [5, 5.41) is 8.53. The van der Waals surface area contributed by atoms with Gasteiger partial charge in [-0.25, -0.2) is 19.3 Å². The average Bonchev–Trinajstić information content (AvgIpc) is 2.94. The van der Waals surface area contributed by atoms with Gasteiger partial charge in [-0.1, -0.05) is 31.4 Å². The van der Waals surface area contributed by atoms with Crippen LogP contribution in [-0.4, -0.2) is 44.7 Å². The highest BCUT2D eigenvalue weighted by molar-refractivity contribution is 7.99. The van der Waals surface area contributed by atoms with Gasteiger partial charge in [0.25, 0.3) is 0 Å². The van der Waals surface area contributed by atoms with Crippen LogP contribution in [0.15, 0.2) is 59.0 Å². The summed E-state index contributed by atoms with van der Waals surface area (Å²) in [6.45, 7) is 2.63. The first-order valence-corrected chi connectivity index (χ1v) is 14.2. The molecule has 0 bridgehead atoms. The first kappa shape index (κ1) is 25.8. The molecule has 0 spiro atoms. The molecular formula is C27H32FN7S2. The van der Waals surface area contributed by atoms with Gasteiger partial charge in [-0.15, -0.1) is 0 Å². The lowest BCUT2D eigenvalue weighted by atomic mass is 9.69. The number of nitrogens with one attached hydrogen (secondary N) is 2. The normalized spacial score (nSPS) is 17.3. The van der Waals surface area contributed by atoms with Crippen molar-refractivity contribution in [3.63, 3.8) is 0 Å². The van der Waals surface area contributed by atoms with Gasteiger partial charge in [0.1, 0.15) is 16.7 Å². The quantitative estimate of drug-likeness (QED) is 0.223. The molecule has 1 saturated heterocycles. The first-order valence-electron chi connectivity index (χ1n) is 13.0. The van der Waals surface area contributed by atoms with E-state index in [4.69, 9.17) is 22.2 Å². The molecular weight excluding hydrogens is 505 g/mol. The van der Waals surface area contributed by atoms with E-state index in [-0.39, 0.29) is 11.2 Å². The van der Waals surface area contributed by atoms with E-state index >= 15 is 0 Å². The summed E-state index contributed by atoms with van der Waals surface area (Å²) in [6.07, 6.45) is 12.6. The Morgan fingerprint density at radius 2 is 1.68 bits per heavy atom. The first-order chi connectivity index (χ1) is 18.1. The van der Waals surface area contributed by atoms with Gasteiger partial charge in [0.15, 0.2) is 10.3 Å². The Labute approximate surface area is 227 Å². The number of benzene rings is 1. The highest BCUT2D eigenvalue weighted by atomic mass is 32.2. The summed E-state index contributed by atoms with van der Waals surface area (Å²) in [5.41, 5.74) is 1.09. The van der Waals surface area contributed by atoms with Crippen molar-refractivity contribution in [3.05, 3.63) is 60.2 Å². The molecule has 1 aromatic carbocycles. The molecule has 2 aliphatic rings. The highest BCUT2D eigenvalue weighted by Gasteiger charge is 2.34. The van der Waals surface area contributed by atoms with Crippen molar-refractivity contribution in [2.45, 2.75) is 67.0 Å². The van der Waals surface area contributed by atoms with Crippen LogP contribution in [0, 0.1) is 5.82 Å². The molecule has 1 aliphatic heterocycles. The smallest absolute Gasteiger partial charge is 0.232 e. The van der Waals surface area contributed by atoms with Gasteiger partial charge in [-0.3, -0.25) is 0 Å². The van der Waals surface area contributed by atoms with Gasteiger partial charge in [-0.05, 0) is 79.8 Å². The fraction of sp³-hybridized carbons (Fsp3) is 0.444. The van der Waals surface area contributed by atoms with Gasteiger partial charge in [-0.2, -0.15) is 4.98 Å². The molecule has 1 aliphatic carbocycles.